The quantitative estimate of drug-likeness (QED) is 0.307. The second-order valence-electron chi connectivity index (χ2n) is 9.63. The molecule has 1 atom stereocenters. The molecule has 0 bridgehead atoms. The Morgan fingerprint density at radius 3 is 2.32 bits per heavy atom. The Morgan fingerprint density at radius 1 is 0.946 bits per heavy atom. The molecule has 0 radical (unpaired) electrons. The summed E-state index contributed by atoms with van der Waals surface area (Å²) in [6.07, 6.45) is 5.60. The standard InChI is InChI=1S/C31H35BrN2O3/c1-2-23-15-17-28(18-16-23)37-22-30(35)34(21-25-11-8-12-26(32)19-25)29(20-24-9-4-3-5-10-24)31(36)33-27-13-6-7-14-27/h3-5,8-12,15-19,27,29H,2,6-7,13-14,20-22H2,1H3,(H,33,36)/t29-/m1/s1. The van der Waals surface area contributed by atoms with Gasteiger partial charge in [-0.1, -0.05) is 90.3 Å². The molecule has 6 heteroatoms. The van der Waals surface area contributed by atoms with Gasteiger partial charge in [0, 0.05) is 23.5 Å². The molecule has 0 unspecified atom stereocenters. The molecule has 3 aromatic rings. The highest BCUT2D eigenvalue weighted by atomic mass is 79.9. The molecule has 4 rings (SSSR count). The first-order valence-electron chi connectivity index (χ1n) is 13.1. The summed E-state index contributed by atoms with van der Waals surface area (Å²) in [5.74, 6) is 0.316. The van der Waals surface area contributed by atoms with Gasteiger partial charge in [0.05, 0.1) is 0 Å². The van der Waals surface area contributed by atoms with Crippen molar-refractivity contribution in [2.45, 2.75) is 64.1 Å². The Bertz CT molecular complexity index is 1160. The Kier molecular flexibility index (Phi) is 9.78. The van der Waals surface area contributed by atoms with Crippen LogP contribution in [0.25, 0.3) is 0 Å². The van der Waals surface area contributed by atoms with Crippen LogP contribution in [0.3, 0.4) is 0 Å². The number of rotatable bonds is 11. The number of nitrogens with one attached hydrogen (secondary N) is 1. The molecular formula is C31H35BrN2O3. The second-order valence-corrected chi connectivity index (χ2v) is 10.5. The zero-order chi connectivity index (χ0) is 26.0. The van der Waals surface area contributed by atoms with Crippen LogP contribution in [-0.4, -0.2) is 35.4 Å². The number of halogens is 1. The van der Waals surface area contributed by atoms with E-state index in [1.807, 2.05) is 78.9 Å². The molecule has 1 aliphatic carbocycles. The number of aryl methyl sites for hydroxylation is 1. The minimum absolute atomic E-state index is 0.105. The monoisotopic (exact) mass is 562 g/mol. The van der Waals surface area contributed by atoms with Crippen molar-refractivity contribution in [1.82, 2.24) is 10.2 Å². The minimum Gasteiger partial charge on any atom is -0.484 e. The Morgan fingerprint density at radius 2 is 1.65 bits per heavy atom. The van der Waals surface area contributed by atoms with E-state index in [4.69, 9.17) is 4.74 Å². The number of nitrogens with zero attached hydrogens (tertiary/aromatic N) is 1. The van der Waals surface area contributed by atoms with Crippen LogP contribution in [0.15, 0.2) is 83.3 Å². The molecule has 2 amide bonds. The van der Waals surface area contributed by atoms with Gasteiger partial charge >= 0.3 is 0 Å². The summed E-state index contributed by atoms with van der Waals surface area (Å²) < 4.78 is 6.82. The van der Waals surface area contributed by atoms with Crippen molar-refractivity contribution < 1.29 is 14.3 Å². The average molecular weight is 564 g/mol. The van der Waals surface area contributed by atoms with Crippen molar-refractivity contribution >= 4 is 27.7 Å². The van der Waals surface area contributed by atoms with Crippen LogP contribution in [0.5, 0.6) is 5.75 Å². The molecular weight excluding hydrogens is 528 g/mol. The third-order valence-electron chi connectivity index (χ3n) is 6.91. The molecule has 0 spiro atoms. The van der Waals surface area contributed by atoms with E-state index < -0.39 is 6.04 Å². The molecule has 0 aromatic heterocycles. The maximum absolute atomic E-state index is 13.7. The van der Waals surface area contributed by atoms with Gasteiger partial charge in [0.25, 0.3) is 5.91 Å². The summed E-state index contributed by atoms with van der Waals surface area (Å²) in [5.41, 5.74) is 3.17. The van der Waals surface area contributed by atoms with Crippen molar-refractivity contribution in [3.05, 3.63) is 100 Å². The molecule has 37 heavy (non-hydrogen) atoms. The fourth-order valence-electron chi connectivity index (χ4n) is 4.80. The number of amides is 2. The van der Waals surface area contributed by atoms with E-state index in [-0.39, 0.29) is 24.5 Å². The van der Waals surface area contributed by atoms with E-state index in [2.05, 4.69) is 28.2 Å². The number of hydrogen-bond acceptors (Lipinski definition) is 3. The highest BCUT2D eigenvalue weighted by molar-refractivity contribution is 9.10. The Hall–Kier alpha value is -3.12. The number of benzene rings is 3. The van der Waals surface area contributed by atoms with E-state index in [0.717, 1.165) is 47.7 Å². The highest BCUT2D eigenvalue weighted by Gasteiger charge is 2.32. The summed E-state index contributed by atoms with van der Waals surface area (Å²) >= 11 is 3.53. The summed E-state index contributed by atoms with van der Waals surface area (Å²) in [7, 11) is 0. The smallest absolute Gasteiger partial charge is 0.261 e. The SMILES string of the molecule is CCc1ccc(OCC(=O)N(Cc2cccc(Br)c2)[C@H](Cc2ccccc2)C(=O)NC2CCCC2)cc1. The van der Waals surface area contributed by atoms with Gasteiger partial charge in [-0.2, -0.15) is 0 Å². The van der Waals surface area contributed by atoms with Gasteiger partial charge in [-0.3, -0.25) is 9.59 Å². The lowest BCUT2D eigenvalue weighted by Gasteiger charge is -2.32. The van der Waals surface area contributed by atoms with Crippen molar-refractivity contribution in [2.75, 3.05) is 6.61 Å². The zero-order valence-electron chi connectivity index (χ0n) is 21.4. The molecule has 0 saturated heterocycles. The van der Waals surface area contributed by atoms with Crippen molar-refractivity contribution in [3.63, 3.8) is 0 Å². The molecule has 0 heterocycles. The van der Waals surface area contributed by atoms with E-state index in [1.165, 1.54) is 5.56 Å². The largest absolute Gasteiger partial charge is 0.484 e. The van der Waals surface area contributed by atoms with Crippen LogP contribution in [0.4, 0.5) is 0 Å². The molecule has 1 fully saturated rings. The lowest BCUT2D eigenvalue weighted by molar-refractivity contribution is -0.143. The van der Waals surface area contributed by atoms with Crippen molar-refractivity contribution in [1.29, 1.82) is 0 Å². The maximum Gasteiger partial charge on any atom is 0.261 e. The molecule has 3 aromatic carbocycles. The van der Waals surface area contributed by atoms with Gasteiger partial charge < -0.3 is 15.0 Å². The fraction of sp³-hybridized carbons (Fsp3) is 0.355. The van der Waals surface area contributed by atoms with Gasteiger partial charge in [0.2, 0.25) is 5.91 Å². The average Bonchev–Trinajstić information content (AvgIpc) is 3.43. The number of carbonyl (C=O) groups is 2. The third-order valence-corrected chi connectivity index (χ3v) is 7.40. The fourth-order valence-corrected chi connectivity index (χ4v) is 5.25. The maximum atomic E-state index is 13.7. The van der Waals surface area contributed by atoms with Crippen molar-refractivity contribution in [2.24, 2.45) is 0 Å². The van der Waals surface area contributed by atoms with Gasteiger partial charge in [-0.15, -0.1) is 0 Å². The Balaban J connectivity index is 1.59. The van der Waals surface area contributed by atoms with E-state index >= 15 is 0 Å². The van der Waals surface area contributed by atoms with Gasteiger partial charge in [-0.05, 0) is 60.2 Å². The van der Waals surface area contributed by atoms with E-state index in [0.29, 0.717) is 18.7 Å². The van der Waals surface area contributed by atoms with Crippen LogP contribution < -0.4 is 10.1 Å². The molecule has 1 aliphatic rings. The van der Waals surface area contributed by atoms with E-state index in [1.54, 1.807) is 4.90 Å². The lowest BCUT2D eigenvalue weighted by atomic mass is 10.0. The van der Waals surface area contributed by atoms with Crippen LogP contribution in [-0.2, 0) is 29.0 Å². The predicted octanol–water partition coefficient (Wildman–Crippen LogP) is 6.09. The summed E-state index contributed by atoms with van der Waals surface area (Å²) in [4.78, 5) is 29.1. The first-order valence-corrected chi connectivity index (χ1v) is 13.9. The summed E-state index contributed by atoms with van der Waals surface area (Å²) in [6.45, 7) is 2.27. The van der Waals surface area contributed by atoms with Crippen molar-refractivity contribution in [3.8, 4) is 5.75 Å². The molecule has 0 aliphatic heterocycles. The van der Waals surface area contributed by atoms with Crippen LogP contribution in [0.2, 0.25) is 0 Å². The van der Waals surface area contributed by atoms with Crippen LogP contribution in [0.1, 0.15) is 49.3 Å². The first kappa shape index (κ1) is 26.9. The highest BCUT2D eigenvalue weighted by Crippen LogP contribution is 2.21. The van der Waals surface area contributed by atoms with Gasteiger partial charge in [-0.25, -0.2) is 0 Å². The number of ether oxygens (including phenoxy) is 1. The zero-order valence-corrected chi connectivity index (χ0v) is 23.0. The van der Waals surface area contributed by atoms with E-state index in [9.17, 15) is 9.59 Å². The second kappa shape index (κ2) is 13.4. The summed E-state index contributed by atoms with van der Waals surface area (Å²) in [6, 6.07) is 25.1. The minimum atomic E-state index is -0.652. The third kappa shape index (κ3) is 7.93. The topological polar surface area (TPSA) is 58.6 Å². The summed E-state index contributed by atoms with van der Waals surface area (Å²) in [5, 5.41) is 3.24. The number of carbonyl (C=O) groups excluding carboxylic acids is 2. The molecule has 1 N–H and O–H groups in total. The molecule has 1 saturated carbocycles. The van der Waals surface area contributed by atoms with Gasteiger partial charge in [0.15, 0.2) is 6.61 Å². The lowest BCUT2D eigenvalue weighted by Crippen LogP contribution is -2.53. The Labute approximate surface area is 228 Å². The normalized spacial score (nSPS) is 14.2. The van der Waals surface area contributed by atoms with Crippen LogP contribution in [0, 0.1) is 0 Å². The molecule has 194 valence electrons. The number of hydrogen-bond donors (Lipinski definition) is 1. The van der Waals surface area contributed by atoms with Gasteiger partial charge in [0.1, 0.15) is 11.8 Å². The predicted molar refractivity (Wildman–Crippen MR) is 150 cm³/mol. The molecule has 5 nitrogen and oxygen atoms in total. The van der Waals surface area contributed by atoms with Crippen LogP contribution >= 0.6 is 15.9 Å². The first-order chi connectivity index (χ1) is 18.0.